The van der Waals surface area contributed by atoms with E-state index in [9.17, 15) is 61.0 Å². The van der Waals surface area contributed by atoms with Gasteiger partial charge in [0.15, 0.2) is 18.9 Å². The van der Waals surface area contributed by atoms with Crippen LogP contribution in [0.15, 0.2) is 97.2 Å². The fourth-order valence-electron chi connectivity index (χ4n) is 14.4. The molecule has 17 atom stereocenters. The van der Waals surface area contributed by atoms with Crippen LogP contribution >= 0.6 is 0 Å². The van der Waals surface area contributed by atoms with E-state index in [4.69, 9.17) is 28.4 Å². The summed E-state index contributed by atoms with van der Waals surface area (Å²) in [6, 6.07) is -1.00. The molecular weight excluding hydrogens is 1380 g/mol. The van der Waals surface area contributed by atoms with E-state index < -0.39 is 124 Å². The van der Waals surface area contributed by atoms with Crippen LogP contribution in [0.2, 0.25) is 0 Å². The summed E-state index contributed by atoms with van der Waals surface area (Å²) in [5.41, 5.74) is 0. The van der Waals surface area contributed by atoms with Crippen molar-refractivity contribution < 1.29 is 89.4 Å². The van der Waals surface area contributed by atoms with Gasteiger partial charge in [-0.2, -0.15) is 0 Å². The fraction of sp³-hybridized carbons (Fsp3) is 0.811. The summed E-state index contributed by atoms with van der Waals surface area (Å²) in [6.45, 7) is 1.64. The normalized spacial score (nSPS) is 25.8. The van der Waals surface area contributed by atoms with E-state index in [1.165, 1.54) is 225 Å². The largest absolute Gasteiger partial charge is 0.394 e. The molecule has 0 aromatic rings. The summed E-state index contributed by atoms with van der Waals surface area (Å²) in [5.74, 6) is -0.287. The third-order valence-corrected chi connectivity index (χ3v) is 21.3. The van der Waals surface area contributed by atoms with Gasteiger partial charge < -0.3 is 89.9 Å². The van der Waals surface area contributed by atoms with Crippen molar-refractivity contribution in [2.24, 2.45) is 0 Å². The van der Waals surface area contributed by atoms with Gasteiger partial charge in [-0.05, 0) is 89.9 Å². The number of ether oxygens (including phenoxy) is 6. The van der Waals surface area contributed by atoms with Crippen LogP contribution in [0.25, 0.3) is 0 Å². The number of carbonyl (C=O) groups excluding carboxylic acids is 1. The number of unbranched alkanes of at least 4 members (excludes halogenated alkanes) is 40. The van der Waals surface area contributed by atoms with Crippen LogP contribution in [0.4, 0.5) is 0 Å². The summed E-state index contributed by atoms with van der Waals surface area (Å²) < 4.78 is 34.5. The highest BCUT2D eigenvalue weighted by Crippen LogP contribution is 2.33. The molecule has 0 aromatic carbocycles. The van der Waals surface area contributed by atoms with Crippen molar-refractivity contribution in [3.05, 3.63) is 97.2 Å². The maximum Gasteiger partial charge on any atom is 0.220 e. The number of rotatable bonds is 70. The number of carbonyl (C=O) groups is 1. The van der Waals surface area contributed by atoms with Crippen molar-refractivity contribution in [3.63, 3.8) is 0 Å². The molecule has 3 saturated heterocycles. The molecule has 3 heterocycles. The minimum Gasteiger partial charge on any atom is -0.394 e. The molecule has 632 valence electrons. The van der Waals surface area contributed by atoms with E-state index in [-0.39, 0.29) is 18.9 Å². The lowest BCUT2D eigenvalue weighted by molar-refractivity contribution is -0.379. The first kappa shape index (κ1) is 99.9. The number of allylic oxidation sites excluding steroid dienone is 15. The van der Waals surface area contributed by atoms with Crippen molar-refractivity contribution in [1.82, 2.24) is 5.32 Å². The number of amides is 1. The van der Waals surface area contributed by atoms with Crippen LogP contribution in [0.5, 0.6) is 0 Å². The van der Waals surface area contributed by atoms with Gasteiger partial charge in [0.25, 0.3) is 0 Å². The lowest BCUT2D eigenvalue weighted by Crippen LogP contribution is -2.66. The molecule has 3 rings (SSSR count). The molecule has 19 heteroatoms. The van der Waals surface area contributed by atoms with E-state index in [1.807, 2.05) is 6.08 Å². The monoisotopic (exact) mass is 1540 g/mol. The maximum absolute atomic E-state index is 13.5. The van der Waals surface area contributed by atoms with Crippen LogP contribution in [0, 0.1) is 0 Å². The fourth-order valence-corrected chi connectivity index (χ4v) is 14.4. The second-order valence-corrected chi connectivity index (χ2v) is 31.0. The van der Waals surface area contributed by atoms with Gasteiger partial charge in [-0.25, -0.2) is 0 Å². The Morgan fingerprint density at radius 1 is 0.339 bits per heavy atom. The van der Waals surface area contributed by atoms with Gasteiger partial charge in [-0.15, -0.1) is 0 Å². The first-order valence-electron chi connectivity index (χ1n) is 44.0. The number of hydrogen-bond acceptors (Lipinski definition) is 18. The summed E-state index contributed by atoms with van der Waals surface area (Å²) >= 11 is 0. The van der Waals surface area contributed by atoms with E-state index >= 15 is 0 Å². The van der Waals surface area contributed by atoms with E-state index in [0.717, 1.165) is 77.0 Å². The van der Waals surface area contributed by atoms with E-state index in [0.29, 0.717) is 12.8 Å². The van der Waals surface area contributed by atoms with Gasteiger partial charge in [-0.1, -0.05) is 336 Å². The van der Waals surface area contributed by atoms with Crippen molar-refractivity contribution in [1.29, 1.82) is 0 Å². The number of aliphatic hydroxyl groups is 11. The molecule has 0 aliphatic carbocycles. The topological polar surface area (TPSA) is 307 Å². The molecule has 17 unspecified atom stereocenters. The number of hydrogen-bond donors (Lipinski definition) is 12. The predicted octanol–water partition coefficient (Wildman–Crippen LogP) is 16.3. The lowest BCUT2D eigenvalue weighted by Gasteiger charge is -2.48. The van der Waals surface area contributed by atoms with Crippen LogP contribution in [-0.2, 0) is 33.2 Å². The van der Waals surface area contributed by atoms with Gasteiger partial charge in [0.2, 0.25) is 5.91 Å². The zero-order chi connectivity index (χ0) is 78.8. The summed E-state index contributed by atoms with van der Waals surface area (Å²) in [4.78, 5) is 13.5. The highest BCUT2D eigenvalue weighted by atomic mass is 16.8. The molecule has 12 N–H and O–H groups in total. The average molecular weight is 1540 g/mol. The summed E-state index contributed by atoms with van der Waals surface area (Å²) in [5, 5.41) is 121. The van der Waals surface area contributed by atoms with Crippen molar-refractivity contribution in [3.8, 4) is 0 Å². The molecule has 1 amide bonds. The Morgan fingerprint density at radius 3 is 1.03 bits per heavy atom. The molecule has 3 aliphatic rings. The Labute approximate surface area is 660 Å². The maximum atomic E-state index is 13.5. The minimum absolute atomic E-state index is 0.230. The second-order valence-electron chi connectivity index (χ2n) is 31.0. The standard InChI is InChI=1S/C90H159NO18/c1-3-5-7-9-11-13-15-17-19-21-23-25-27-29-31-33-34-35-36-37-38-40-42-44-46-48-50-52-54-56-58-60-62-64-66-68-78(96)91-73(74(95)67-65-63-61-59-57-55-53-51-49-47-45-43-41-39-32-30-28-26-24-22-20-18-16-14-12-10-8-6-4-2)72-104-88-84(102)81(99)86(76(70-93)106-88)109-90-85(103)82(100)87(77(71-94)107-90)108-89-83(101)80(98)79(97)75(69-92)105-89/h5,7,11,13,17,19,23,25,29,31,49,51,57,59,65,67,73-77,79-90,92-95,97-103H,3-4,6,8-10,12,14-16,18,20-22,24,26-28,30,32-48,50,52-56,58,60-64,66,68-72H2,1-2H3,(H,91,96)/b7-5-,13-11-,19-17-,25-23-,31-29-,51-49+,59-57+,67-65+. The van der Waals surface area contributed by atoms with Crippen LogP contribution < -0.4 is 5.32 Å². The Balaban J connectivity index is 1.35. The van der Waals surface area contributed by atoms with E-state index in [2.05, 4.69) is 104 Å². The second kappa shape index (κ2) is 69.1. The summed E-state index contributed by atoms with van der Waals surface area (Å²) in [6.07, 6.45) is 68.4. The molecule has 3 fully saturated rings. The Kier molecular flexibility index (Phi) is 63.3. The van der Waals surface area contributed by atoms with Gasteiger partial charge in [-0.3, -0.25) is 4.79 Å². The zero-order valence-corrected chi connectivity index (χ0v) is 68.0. The SMILES string of the molecule is CC/C=C\C/C=C\C/C=C\C/C=C\C/C=C\CCCCCCCCCCCCCCCCCCCCCC(=O)NC(COC1OC(CO)C(OC2OC(CO)C(OC3OC(CO)C(O)C(O)C3O)C(O)C2O)C(O)C1O)C(O)/C=C/CC/C=C/CC/C=C/CCCCCCCCCCCCCCCCCCCCC. The number of aliphatic hydroxyl groups excluding tert-OH is 11. The van der Waals surface area contributed by atoms with Crippen molar-refractivity contribution in [2.45, 2.75) is 439 Å². The average Bonchev–Trinajstić information content (AvgIpc) is 0.749. The molecule has 0 bridgehead atoms. The molecule has 0 radical (unpaired) electrons. The molecule has 0 saturated carbocycles. The first-order chi connectivity index (χ1) is 53.3. The molecular formula is C90H159NO18. The third kappa shape index (κ3) is 48.0. The zero-order valence-electron chi connectivity index (χ0n) is 68.0. The van der Waals surface area contributed by atoms with Gasteiger partial charge in [0, 0.05) is 6.42 Å². The highest BCUT2D eigenvalue weighted by Gasteiger charge is 2.54. The van der Waals surface area contributed by atoms with Crippen molar-refractivity contribution in [2.75, 3.05) is 26.4 Å². The predicted molar refractivity (Wildman–Crippen MR) is 438 cm³/mol. The molecule has 109 heavy (non-hydrogen) atoms. The lowest BCUT2D eigenvalue weighted by atomic mass is 9.96. The Morgan fingerprint density at radius 2 is 0.642 bits per heavy atom. The molecule has 3 aliphatic heterocycles. The van der Waals surface area contributed by atoms with Crippen LogP contribution in [-0.4, -0.2) is 193 Å². The first-order valence-corrected chi connectivity index (χ1v) is 44.0. The molecule has 0 spiro atoms. The van der Waals surface area contributed by atoms with Crippen molar-refractivity contribution >= 4 is 5.91 Å². The van der Waals surface area contributed by atoms with Crippen LogP contribution in [0.1, 0.15) is 335 Å². The minimum atomic E-state index is -1.99. The van der Waals surface area contributed by atoms with Crippen LogP contribution in [0.3, 0.4) is 0 Å². The molecule has 19 nitrogen and oxygen atoms in total. The Hall–Kier alpha value is -3.29. The highest BCUT2D eigenvalue weighted by molar-refractivity contribution is 5.76. The van der Waals surface area contributed by atoms with E-state index in [1.54, 1.807) is 6.08 Å². The van der Waals surface area contributed by atoms with Gasteiger partial charge >= 0.3 is 0 Å². The molecule has 0 aromatic heterocycles. The smallest absolute Gasteiger partial charge is 0.220 e. The Bertz CT molecular complexity index is 2340. The third-order valence-electron chi connectivity index (χ3n) is 21.3. The number of nitrogens with one attached hydrogen (secondary N) is 1. The quantitative estimate of drug-likeness (QED) is 0.0199. The van der Waals surface area contributed by atoms with Gasteiger partial charge in [0.1, 0.15) is 73.2 Å². The summed E-state index contributed by atoms with van der Waals surface area (Å²) in [7, 11) is 0. The van der Waals surface area contributed by atoms with Gasteiger partial charge in [0.05, 0.1) is 38.6 Å².